The molecule has 8 heavy (non-hydrogen) atoms. The fraction of sp³-hybridized carbons (Fsp3) is 0.500. The second-order valence-electron chi connectivity index (χ2n) is 2.02. The van der Waals surface area contributed by atoms with Crippen molar-refractivity contribution in [2.45, 2.75) is 6.42 Å². The van der Waals surface area contributed by atoms with Crippen LogP contribution in [0.25, 0.3) is 0 Å². The topological polar surface area (TPSA) is 43.1 Å². The van der Waals surface area contributed by atoms with Gasteiger partial charge in [0.2, 0.25) is 5.91 Å². The lowest BCUT2D eigenvalue weighted by Gasteiger charge is -1.81. The SMILES string of the molecule is C#C[C@@H]1C[C@@H]1C(N)=O. The van der Waals surface area contributed by atoms with Crippen LogP contribution in [0.4, 0.5) is 0 Å². The summed E-state index contributed by atoms with van der Waals surface area (Å²) in [4.78, 5) is 10.3. The number of carbonyl (C=O) groups excluding carboxylic acids is 1. The molecule has 2 nitrogen and oxygen atoms in total. The maximum atomic E-state index is 10.3. The van der Waals surface area contributed by atoms with E-state index in [1.165, 1.54) is 0 Å². The summed E-state index contributed by atoms with van der Waals surface area (Å²) in [6.45, 7) is 0. The molecule has 1 fully saturated rings. The molecule has 1 saturated carbocycles. The first kappa shape index (κ1) is 5.17. The van der Waals surface area contributed by atoms with Crippen molar-refractivity contribution >= 4 is 5.91 Å². The summed E-state index contributed by atoms with van der Waals surface area (Å²) in [5, 5.41) is 0. The lowest BCUT2D eigenvalue weighted by Crippen LogP contribution is -2.13. The summed E-state index contributed by atoms with van der Waals surface area (Å²) in [6.07, 6.45) is 5.80. The number of amides is 1. The van der Waals surface area contributed by atoms with Gasteiger partial charge in [-0.2, -0.15) is 0 Å². The van der Waals surface area contributed by atoms with E-state index in [0.29, 0.717) is 0 Å². The maximum absolute atomic E-state index is 10.3. The molecule has 42 valence electrons. The smallest absolute Gasteiger partial charge is 0.221 e. The molecule has 0 aliphatic heterocycles. The first-order valence-electron chi connectivity index (χ1n) is 2.51. The maximum Gasteiger partial charge on any atom is 0.221 e. The second-order valence-corrected chi connectivity index (χ2v) is 2.02. The van der Waals surface area contributed by atoms with E-state index in [9.17, 15) is 4.79 Å². The van der Waals surface area contributed by atoms with E-state index in [1.807, 2.05) is 0 Å². The minimum absolute atomic E-state index is 0.0139. The van der Waals surface area contributed by atoms with Crippen molar-refractivity contribution in [3.63, 3.8) is 0 Å². The zero-order valence-electron chi connectivity index (χ0n) is 4.42. The number of rotatable bonds is 1. The van der Waals surface area contributed by atoms with E-state index < -0.39 is 0 Å². The molecule has 0 unspecified atom stereocenters. The molecule has 1 aliphatic carbocycles. The first-order valence-corrected chi connectivity index (χ1v) is 2.51. The number of carbonyl (C=O) groups is 1. The molecule has 1 amide bonds. The second kappa shape index (κ2) is 1.52. The van der Waals surface area contributed by atoms with Gasteiger partial charge in [0.1, 0.15) is 0 Å². The van der Waals surface area contributed by atoms with Gasteiger partial charge >= 0.3 is 0 Å². The van der Waals surface area contributed by atoms with Crippen molar-refractivity contribution < 1.29 is 4.79 Å². The average Bonchev–Trinajstić information content (AvgIpc) is 2.42. The Hall–Kier alpha value is -0.970. The van der Waals surface area contributed by atoms with Crippen LogP contribution in [0.2, 0.25) is 0 Å². The highest BCUT2D eigenvalue weighted by Crippen LogP contribution is 2.36. The summed E-state index contributed by atoms with van der Waals surface area (Å²) in [5.41, 5.74) is 4.93. The molecule has 0 heterocycles. The standard InChI is InChI=1S/C6H7NO/c1-2-4-3-5(4)6(7)8/h1,4-5H,3H2,(H2,7,8)/t4-,5+/m1/s1. The van der Waals surface area contributed by atoms with Crippen molar-refractivity contribution in [2.24, 2.45) is 17.6 Å². The van der Waals surface area contributed by atoms with Crippen molar-refractivity contribution in [1.82, 2.24) is 0 Å². The van der Waals surface area contributed by atoms with E-state index in [1.54, 1.807) is 0 Å². The third kappa shape index (κ3) is 0.671. The summed E-state index contributed by atoms with van der Waals surface area (Å²) < 4.78 is 0. The predicted octanol–water partition coefficient (Wildman–Crippen LogP) is -0.259. The van der Waals surface area contributed by atoms with Crippen LogP contribution in [-0.4, -0.2) is 5.91 Å². The lowest BCUT2D eigenvalue weighted by molar-refractivity contribution is -0.119. The largest absolute Gasteiger partial charge is 0.369 e. The van der Waals surface area contributed by atoms with Gasteiger partial charge in [-0.3, -0.25) is 4.79 Å². The van der Waals surface area contributed by atoms with Gasteiger partial charge in [-0.05, 0) is 6.42 Å². The number of nitrogens with two attached hydrogens (primary N) is 1. The highest BCUT2D eigenvalue weighted by atomic mass is 16.1. The highest BCUT2D eigenvalue weighted by molar-refractivity contribution is 5.80. The number of hydrogen-bond acceptors (Lipinski definition) is 1. The van der Waals surface area contributed by atoms with Crippen molar-refractivity contribution in [3.05, 3.63) is 0 Å². The minimum Gasteiger partial charge on any atom is -0.369 e. The Labute approximate surface area is 48.1 Å². The van der Waals surface area contributed by atoms with Crippen LogP contribution in [0, 0.1) is 24.2 Å². The zero-order chi connectivity index (χ0) is 6.15. The fourth-order valence-electron chi connectivity index (χ4n) is 0.694. The van der Waals surface area contributed by atoms with E-state index in [-0.39, 0.29) is 17.7 Å². The van der Waals surface area contributed by atoms with E-state index in [0.717, 1.165) is 6.42 Å². The molecule has 0 radical (unpaired) electrons. The third-order valence-corrected chi connectivity index (χ3v) is 1.37. The fourth-order valence-corrected chi connectivity index (χ4v) is 0.694. The molecule has 0 aromatic carbocycles. The molecule has 0 aromatic rings. The Morgan fingerprint density at radius 1 is 1.88 bits per heavy atom. The molecule has 2 heteroatoms. The molecule has 0 spiro atoms. The average molecular weight is 109 g/mol. The van der Waals surface area contributed by atoms with Gasteiger partial charge in [0.15, 0.2) is 0 Å². The van der Waals surface area contributed by atoms with Crippen LogP contribution in [0.1, 0.15) is 6.42 Å². The summed E-state index contributed by atoms with van der Waals surface area (Å²) in [5.74, 6) is 2.34. The van der Waals surface area contributed by atoms with Gasteiger partial charge in [-0.15, -0.1) is 12.3 Å². The molecule has 2 atom stereocenters. The lowest BCUT2D eigenvalue weighted by atomic mass is 10.3. The number of hydrogen-bond donors (Lipinski definition) is 1. The van der Waals surface area contributed by atoms with Crippen molar-refractivity contribution in [3.8, 4) is 12.3 Å². The molecule has 0 aromatic heterocycles. The van der Waals surface area contributed by atoms with Crippen molar-refractivity contribution in [1.29, 1.82) is 0 Å². The zero-order valence-corrected chi connectivity index (χ0v) is 4.42. The van der Waals surface area contributed by atoms with E-state index >= 15 is 0 Å². The Bertz CT molecular complexity index is 156. The van der Waals surface area contributed by atoms with E-state index in [4.69, 9.17) is 12.2 Å². The van der Waals surface area contributed by atoms with Gasteiger partial charge < -0.3 is 5.73 Å². The summed E-state index contributed by atoms with van der Waals surface area (Å²) in [6, 6.07) is 0. The Morgan fingerprint density at radius 3 is 2.62 bits per heavy atom. The normalized spacial score (nSPS) is 33.4. The van der Waals surface area contributed by atoms with Gasteiger partial charge in [-0.1, -0.05) is 0 Å². The number of primary amides is 1. The first-order chi connectivity index (χ1) is 3.75. The molecule has 2 N–H and O–H groups in total. The van der Waals surface area contributed by atoms with Crippen LogP contribution in [-0.2, 0) is 4.79 Å². The molecular formula is C6H7NO. The highest BCUT2D eigenvalue weighted by Gasteiger charge is 2.40. The minimum atomic E-state index is -0.257. The predicted molar refractivity (Wildman–Crippen MR) is 29.6 cm³/mol. The van der Waals surface area contributed by atoms with Crippen LogP contribution in [0.15, 0.2) is 0 Å². The van der Waals surface area contributed by atoms with Gasteiger partial charge in [0.05, 0.1) is 5.92 Å². The molecule has 1 aliphatic rings. The molecule has 0 bridgehead atoms. The molecular weight excluding hydrogens is 102 g/mol. The van der Waals surface area contributed by atoms with E-state index in [2.05, 4.69) is 5.92 Å². The molecule has 0 saturated heterocycles. The quantitative estimate of drug-likeness (QED) is 0.463. The van der Waals surface area contributed by atoms with Crippen LogP contribution < -0.4 is 5.73 Å². The Kier molecular flexibility index (Phi) is 0.980. The monoisotopic (exact) mass is 109 g/mol. The summed E-state index contributed by atoms with van der Waals surface area (Å²) in [7, 11) is 0. The van der Waals surface area contributed by atoms with Crippen LogP contribution in [0.5, 0.6) is 0 Å². The Balaban J connectivity index is 2.40. The Morgan fingerprint density at radius 2 is 2.50 bits per heavy atom. The van der Waals surface area contributed by atoms with Crippen molar-refractivity contribution in [2.75, 3.05) is 0 Å². The van der Waals surface area contributed by atoms with Gasteiger partial charge in [0.25, 0.3) is 0 Å². The molecule has 1 rings (SSSR count). The van der Waals surface area contributed by atoms with Crippen LogP contribution >= 0.6 is 0 Å². The van der Waals surface area contributed by atoms with Gasteiger partial charge in [-0.25, -0.2) is 0 Å². The van der Waals surface area contributed by atoms with Gasteiger partial charge in [0, 0.05) is 5.92 Å². The van der Waals surface area contributed by atoms with Crippen LogP contribution in [0.3, 0.4) is 0 Å². The number of terminal acetylenes is 1. The summed E-state index contributed by atoms with van der Waals surface area (Å²) >= 11 is 0. The third-order valence-electron chi connectivity index (χ3n) is 1.37.